The van der Waals surface area contributed by atoms with Gasteiger partial charge in [-0.25, -0.2) is 4.39 Å². The summed E-state index contributed by atoms with van der Waals surface area (Å²) in [7, 11) is 1.74. The number of nitrogens with zero attached hydrogens (tertiary/aromatic N) is 2. The lowest BCUT2D eigenvalue weighted by molar-refractivity contribution is -0.133. The zero-order valence-electron chi connectivity index (χ0n) is 13.7. The molecule has 2 rings (SSSR count). The van der Waals surface area contributed by atoms with Gasteiger partial charge in [-0.15, -0.1) is 0 Å². The van der Waals surface area contributed by atoms with Crippen molar-refractivity contribution in [1.29, 1.82) is 0 Å². The number of carbonyl (C=O) groups excluding carboxylic acids is 2. The van der Waals surface area contributed by atoms with Crippen molar-refractivity contribution < 1.29 is 14.0 Å². The largest absolute Gasteiger partial charge is 0.342 e. The Morgan fingerprint density at radius 3 is 2.43 bits per heavy atom. The summed E-state index contributed by atoms with van der Waals surface area (Å²) in [5, 5.41) is 2.69. The number of amides is 2. The molecule has 1 heterocycles. The van der Waals surface area contributed by atoms with Crippen molar-refractivity contribution in [3.8, 4) is 0 Å². The van der Waals surface area contributed by atoms with Crippen LogP contribution in [0, 0.1) is 11.7 Å². The van der Waals surface area contributed by atoms with Crippen LogP contribution in [0.25, 0.3) is 0 Å². The number of carbonyl (C=O) groups is 2. The van der Waals surface area contributed by atoms with E-state index in [2.05, 4.69) is 12.2 Å². The molecule has 0 aliphatic carbocycles. The van der Waals surface area contributed by atoms with Crippen LogP contribution in [-0.4, -0.2) is 54.8 Å². The lowest BCUT2D eigenvalue weighted by atomic mass is 9.99. The lowest BCUT2D eigenvalue weighted by Gasteiger charge is -2.31. The van der Waals surface area contributed by atoms with E-state index in [1.165, 1.54) is 24.3 Å². The van der Waals surface area contributed by atoms with Gasteiger partial charge in [0.1, 0.15) is 5.82 Å². The van der Waals surface area contributed by atoms with Crippen molar-refractivity contribution in [2.75, 3.05) is 38.5 Å². The molecule has 126 valence electrons. The zero-order valence-corrected chi connectivity index (χ0v) is 13.7. The number of likely N-dealkylation sites (tertiary alicyclic amines) is 1. The van der Waals surface area contributed by atoms with Gasteiger partial charge in [-0.3, -0.25) is 14.5 Å². The SMILES string of the molecule is CC1CCN(C(=O)CN(C)CC(=O)Nc2ccc(F)cc2)CC1. The van der Waals surface area contributed by atoms with E-state index in [0.717, 1.165) is 25.9 Å². The molecule has 0 unspecified atom stereocenters. The third-order valence-corrected chi connectivity index (χ3v) is 4.08. The van der Waals surface area contributed by atoms with E-state index in [1.807, 2.05) is 4.90 Å². The Kier molecular flexibility index (Phi) is 6.10. The Bertz CT molecular complexity index is 539. The molecule has 0 atom stereocenters. The molecule has 2 amide bonds. The molecule has 0 spiro atoms. The van der Waals surface area contributed by atoms with Crippen LogP contribution >= 0.6 is 0 Å². The smallest absolute Gasteiger partial charge is 0.238 e. The molecule has 0 bridgehead atoms. The maximum atomic E-state index is 12.8. The number of nitrogens with one attached hydrogen (secondary N) is 1. The topological polar surface area (TPSA) is 52.7 Å². The standard InChI is InChI=1S/C17H24FN3O2/c1-13-7-9-21(10-8-13)17(23)12-20(2)11-16(22)19-15-5-3-14(18)4-6-15/h3-6,13H,7-12H2,1-2H3,(H,19,22). The Hall–Kier alpha value is -1.95. The van der Waals surface area contributed by atoms with Gasteiger partial charge in [0.05, 0.1) is 13.1 Å². The highest BCUT2D eigenvalue weighted by Crippen LogP contribution is 2.16. The van der Waals surface area contributed by atoms with Gasteiger partial charge < -0.3 is 10.2 Å². The molecule has 23 heavy (non-hydrogen) atoms. The van der Waals surface area contributed by atoms with E-state index >= 15 is 0 Å². The molecule has 5 nitrogen and oxygen atoms in total. The average molecular weight is 321 g/mol. The van der Waals surface area contributed by atoms with E-state index in [1.54, 1.807) is 11.9 Å². The van der Waals surface area contributed by atoms with Gasteiger partial charge >= 0.3 is 0 Å². The fourth-order valence-electron chi connectivity index (χ4n) is 2.62. The summed E-state index contributed by atoms with van der Waals surface area (Å²) in [5.74, 6) is 0.174. The van der Waals surface area contributed by atoms with Crippen molar-refractivity contribution in [1.82, 2.24) is 9.80 Å². The van der Waals surface area contributed by atoms with Gasteiger partial charge in [-0.2, -0.15) is 0 Å². The molecule has 1 saturated heterocycles. The first-order chi connectivity index (χ1) is 10.9. The minimum atomic E-state index is -0.346. The molecule has 0 radical (unpaired) electrons. The molecule has 1 N–H and O–H groups in total. The maximum Gasteiger partial charge on any atom is 0.238 e. The number of anilines is 1. The number of benzene rings is 1. The zero-order chi connectivity index (χ0) is 16.8. The van der Waals surface area contributed by atoms with Gasteiger partial charge in [0.15, 0.2) is 0 Å². The van der Waals surface area contributed by atoms with Crippen LogP contribution < -0.4 is 5.32 Å². The second-order valence-corrected chi connectivity index (χ2v) is 6.29. The minimum Gasteiger partial charge on any atom is -0.342 e. The lowest BCUT2D eigenvalue weighted by Crippen LogP contribution is -2.44. The molecular weight excluding hydrogens is 297 g/mol. The highest BCUT2D eigenvalue weighted by Gasteiger charge is 2.21. The third-order valence-electron chi connectivity index (χ3n) is 4.08. The van der Waals surface area contributed by atoms with E-state index in [4.69, 9.17) is 0 Å². The number of rotatable bonds is 5. The number of hydrogen-bond acceptors (Lipinski definition) is 3. The Labute approximate surface area is 136 Å². The maximum absolute atomic E-state index is 12.8. The summed E-state index contributed by atoms with van der Waals surface area (Å²) in [6.07, 6.45) is 2.08. The third kappa shape index (κ3) is 5.63. The van der Waals surface area contributed by atoms with E-state index in [-0.39, 0.29) is 30.7 Å². The van der Waals surface area contributed by atoms with Gasteiger partial charge in [-0.05, 0) is 50.1 Å². The van der Waals surface area contributed by atoms with Crippen LogP contribution in [0.4, 0.5) is 10.1 Å². The predicted molar refractivity (Wildman–Crippen MR) is 87.5 cm³/mol. The number of hydrogen-bond donors (Lipinski definition) is 1. The minimum absolute atomic E-state index is 0.0639. The second kappa shape index (κ2) is 8.06. The molecule has 6 heteroatoms. The van der Waals surface area contributed by atoms with Crippen LogP contribution in [0.2, 0.25) is 0 Å². The molecule has 0 saturated carbocycles. The van der Waals surface area contributed by atoms with E-state index in [9.17, 15) is 14.0 Å². The second-order valence-electron chi connectivity index (χ2n) is 6.29. The summed E-state index contributed by atoms with van der Waals surface area (Å²) >= 11 is 0. The van der Waals surface area contributed by atoms with Gasteiger partial charge in [0.2, 0.25) is 11.8 Å². The first-order valence-electron chi connectivity index (χ1n) is 7.96. The molecule has 1 aromatic carbocycles. The summed E-state index contributed by atoms with van der Waals surface area (Å²) < 4.78 is 12.8. The van der Waals surface area contributed by atoms with E-state index < -0.39 is 0 Å². The number of likely N-dealkylation sites (N-methyl/N-ethyl adjacent to an activating group) is 1. The normalized spacial score (nSPS) is 15.7. The Morgan fingerprint density at radius 2 is 1.83 bits per heavy atom. The highest BCUT2D eigenvalue weighted by molar-refractivity contribution is 5.92. The van der Waals surface area contributed by atoms with Crippen molar-refractivity contribution >= 4 is 17.5 Å². The fourth-order valence-corrected chi connectivity index (χ4v) is 2.62. The molecule has 0 aromatic heterocycles. The van der Waals surface area contributed by atoms with Crippen molar-refractivity contribution in [3.63, 3.8) is 0 Å². The van der Waals surface area contributed by atoms with Crippen LogP contribution in [0.15, 0.2) is 24.3 Å². The fraction of sp³-hybridized carbons (Fsp3) is 0.529. The summed E-state index contributed by atoms with van der Waals surface area (Å²) in [4.78, 5) is 27.7. The van der Waals surface area contributed by atoms with Crippen LogP contribution in [-0.2, 0) is 9.59 Å². The van der Waals surface area contributed by atoms with Crippen LogP contribution in [0.5, 0.6) is 0 Å². The van der Waals surface area contributed by atoms with Crippen molar-refractivity contribution in [2.45, 2.75) is 19.8 Å². The predicted octanol–water partition coefficient (Wildman–Crippen LogP) is 1.95. The Balaban J connectivity index is 1.75. The average Bonchev–Trinajstić information content (AvgIpc) is 2.50. The first kappa shape index (κ1) is 17.4. The first-order valence-corrected chi connectivity index (χ1v) is 7.96. The quantitative estimate of drug-likeness (QED) is 0.902. The molecule has 1 aliphatic heterocycles. The number of piperidine rings is 1. The molecule has 1 aliphatic rings. The summed E-state index contributed by atoms with van der Waals surface area (Å²) in [6.45, 7) is 4.15. The molecular formula is C17H24FN3O2. The van der Waals surface area contributed by atoms with Crippen LogP contribution in [0.1, 0.15) is 19.8 Å². The van der Waals surface area contributed by atoms with Crippen molar-refractivity contribution in [3.05, 3.63) is 30.1 Å². The van der Waals surface area contributed by atoms with Gasteiger partial charge in [-0.1, -0.05) is 6.92 Å². The monoisotopic (exact) mass is 321 g/mol. The van der Waals surface area contributed by atoms with E-state index in [0.29, 0.717) is 11.6 Å². The van der Waals surface area contributed by atoms with Crippen molar-refractivity contribution in [2.24, 2.45) is 5.92 Å². The van der Waals surface area contributed by atoms with Gasteiger partial charge in [0.25, 0.3) is 0 Å². The number of halogens is 1. The Morgan fingerprint density at radius 1 is 1.22 bits per heavy atom. The molecule has 1 aromatic rings. The summed E-state index contributed by atoms with van der Waals surface area (Å²) in [6, 6.07) is 5.60. The molecule has 1 fully saturated rings. The van der Waals surface area contributed by atoms with Gasteiger partial charge in [0, 0.05) is 18.8 Å². The van der Waals surface area contributed by atoms with Crippen LogP contribution in [0.3, 0.4) is 0 Å². The highest BCUT2D eigenvalue weighted by atomic mass is 19.1. The summed E-state index contributed by atoms with van der Waals surface area (Å²) in [5.41, 5.74) is 0.543.